The standard InChI is InChI=1S/C15H30F3N5O2S.HI/c1-5-23(6-2)26(24,25)12-7-20-14(19-4)22-10-8-21(9-11-22)13(3)15(16,17)18;/h13H,5-12H2,1-4H3,(H,19,20);1H. The van der Waals surface area contributed by atoms with E-state index in [1.165, 1.54) is 16.1 Å². The normalized spacial score (nSPS) is 18.4. The van der Waals surface area contributed by atoms with E-state index in [2.05, 4.69) is 10.3 Å². The van der Waals surface area contributed by atoms with Gasteiger partial charge in [-0.1, -0.05) is 13.8 Å². The number of halogens is 4. The van der Waals surface area contributed by atoms with Crippen molar-refractivity contribution in [1.29, 1.82) is 0 Å². The minimum Gasteiger partial charge on any atom is -0.355 e. The lowest BCUT2D eigenvalue weighted by Crippen LogP contribution is -2.57. The Balaban J connectivity index is 0.00000676. The highest BCUT2D eigenvalue weighted by atomic mass is 127. The molecule has 162 valence electrons. The lowest BCUT2D eigenvalue weighted by atomic mass is 10.2. The van der Waals surface area contributed by atoms with Crippen LogP contribution in [0.15, 0.2) is 4.99 Å². The van der Waals surface area contributed by atoms with Crippen LogP contribution in [0, 0.1) is 0 Å². The summed E-state index contributed by atoms with van der Waals surface area (Å²) in [5, 5.41) is 3.00. The maximum absolute atomic E-state index is 12.8. The third-order valence-electron chi connectivity index (χ3n) is 4.59. The summed E-state index contributed by atoms with van der Waals surface area (Å²) in [5.74, 6) is 0.456. The fraction of sp³-hybridized carbons (Fsp3) is 0.933. The van der Waals surface area contributed by atoms with E-state index in [4.69, 9.17) is 0 Å². The van der Waals surface area contributed by atoms with Crippen LogP contribution in [-0.2, 0) is 10.0 Å². The van der Waals surface area contributed by atoms with Gasteiger partial charge in [0.25, 0.3) is 0 Å². The van der Waals surface area contributed by atoms with Crippen LogP contribution in [0.4, 0.5) is 13.2 Å². The van der Waals surface area contributed by atoms with E-state index in [-0.39, 0.29) is 49.4 Å². The number of nitrogens with one attached hydrogen (secondary N) is 1. The van der Waals surface area contributed by atoms with E-state index in [0.29, 0.717) is 32.1 Å². The molecular formula is C15H31F3IN5O2S. The van der Waals surface area contributed by atoms with Gasteiger partial charge in [-0.25, -0.2) is 12.7 Å². The Bertz CT molecular complexity index is 562. The third kappa shape index (κ3) is 7.89. The molecule has 1 saturated heterocycles. The van der Waals surface area contributed by atoms with Gasteiger partial charge in [-0.2, -0.15) is 13.2 Å². The molecule has 27 heavy (non-hydrogen) atoms. The Morgan fingerprint density at radius 1 is 1.19 bits per heavy atom. The Hall–Kier alpha value is -0.340. The summed E-state index contributed by atoms with van der Waals surface area (Å²) in [4.78, 5) is 7.37. The van der Waals surface area contributed by atoms with Gasteiger partial charge in [0.05, 0.1) is 5.75 Å². The van der Waals surface area contributed by atoms with Gasteiger partial charge in [0, 0.05) is 52.9 Å². The van der Waals surface area contributed by atoms with Gasteiger partial charge in [-0.15, -0.1) is 24.0 Å². The van der Waals surface area contributed by atoms with Crippen molar-refractivity contribution in [3.63, 3.8) is 0 Å². The quantitative estimate of drug-likeness (QED) is 0.307. The largest absolute Gasteiger partial charge is 0.403 e. The van der Waals surface area contributed by atoms with Crippen molar-refractivity contribution in [3.05, 3.63) is 0 Å². The van der Waals surface area contributed by atoms with E-state index in [9.17, 15) is 21.6 Å². The molecule has 1 fully saturated rings. The summed E-state index contributed by atoms with van der Waals surface area (Å²) < 4.78 is 64.2. The van der Waals surface area contributed by atoms with Crippen LogP contribution in [-0.4, -0.2) is 99.3 Å². The Labute approximate surface area is 177 Å². The molecule has 1 N–H and O–H groups in total. The topological polar surface area (TPSA) is 68.2 Å². The second-order valence-corrected chi connectivity index (χ2v) is 8.20. The second-order valence-electron chi connectivity index (χ2n) is 6.11. The molecule has 12 heteroatoms. The molecule has 0 radical (unpaired) electrons. The van der Waals surface area contributed by atoms with Gasteiger partial charge in [0.1, 0.15) is 6.04 Å². The number of rotatable bonds is 7. The van der Waals surface area contributed by atoms with E-state index >= 15 is 0 Å². The highest BCUT2D eigenvalue weighted by Gasteiger charge is 2.41. The predicted molar refractivity (Wildman–Crippen MR) is 112 cm³/mol. The molecule has 0 aromatic carbocycles. The summed E-state index contributed by atoms with van der Waals surface area (Å²) >= 11 is 0. The number of nitrogens with zero attached hydrogens (tertiary/aromatic N) is 4. The number of alkyl halides is 3. The van der Waals surface area contributed by atoms with E-state index in [0.717, 1.165) is 0 Å². The average molecular weight is 529 g/mol. The van der Waals surface area contributed by atoms with Gasteiger partial charge >= 0.3 is 6.18 Å². The molecule has 1 rings (SSSR count). The molecule has 1 aliphatic heterocycles. The van der Waals surface area contributed by atoms with E-state index in [1.54, 1.807) is 20.9 Å². The first-order valence-electron chi connectivity index (χ1n) is 8.81. The van der Waals surface area contributed by atoms with Gasteiger partial charge < -0.3 is 10.2 Å². The lowest BCUT2D eigenvalue weighted by molar-refractivity contribution is -0.181. The zero-order valence-corrected chi connectivity index (χ0v) is 19.4. The Morgan fingerprint density at radius 3 is 2.11 bits per heavy atom. The fourth-order valence-electron chi connectivity index (χ4n) is 2.90. The van der Waals surface area contributed by atoms with Crippen molar-refractivity contribution in [2.24, 2.45) is 4.99 Å². The zero-order chi connectivity index (χ0) is 20.0. The Kier molecular flexibility index (Phi) is 11.5. The molecule has 1 unspecified atom stereocenters. The molecule has 0 aromatic rings. The smallest absolute Gasteiger partial charge is 0.355 e. The van der Waals surface area contributed by atoms with E-state index in [1.807, 2.05) is 4.90 Å². The molecule has 0 saturated carbocycles. The number of hydrogen-bond donors (Lipinski definition) is 1. The van der Waals surface area contributed by atoms with Crippen molar-refractivity contribution in [3.8, 4) is 0 Å². The maximum atomic E-state index is 12.8. The molecule has 0 bridgehead atoms. The van der Waals surface area contributed by atoms with Crippen molar-refractivity contribution >= 4 is 40.0 Å². The fourth-order valence-corrected chi connectivity index (χ4v) is 4.30. The molecule has 1 atom stereocenters. The van der Waals surface area contributed by atoms with Crippen LogP contribution in [0.5, 0.6) is 0 Å². The lowest BCUT2D eigenvalue weighted by Gasteiger charge is -2.39. The predicted octanol–water partition coefficient (Wildman–Crippen LogP) is 1.42. The first-order chi connectivity index (χ1) is 12.1. The number of sulfonamides is 1. The number of hydrogen-bond acceptors (Lipinski definition) is 4. The molecule has 0 spiro atoms. The minimum absolute atomic E-state index is 0. The molecule has 7 nitrogen and oxygen atoms in total. The van der Waals surface area contributed by atoms with Crippen LogP contribution < -0.4 is 5.32 Å². The van der Waals surface area contributed by atoms with Crippen molar-refractivity contribution < 1.29 is 21.6 Å². The molecule has 1 heterocycles. The van der Waals surface area contributed by atoms with Crippen LogP contribution in [0.25, 0.3) is 0 Å². The van der Waals surface area contributed by atoms with Crippen molar-refractivity contribution in [2.45, 2.75) is 33.0 Å². The average Bonchev–Trinajstić information content (AvgIpc) is 2.58. The minimum atomic E-state index is -4.24. The van der Waals surface area contributed by atoms with Crippen LogP contribution in [0.1, 0.15) is 20.8 Å². The van der Waals surface area contributed by atoms with Gasteiger partial charge in [-0.3, -0.25) is 9.89 Å². The zero-order valence-electron chi connectivity index (χ0n) is 16.3. The number of piperazine rings is 1. The first kappa shape index (κ1) is 26.7. The van der Waals surface area contributed by atoms with Crippen molar-refractivity contribution in [2.75, 3.05) is 58.6 Å². The van der Waals surface area contributed by atoms with Crippen LogP contribution in [0.3, 0.4) is 0 Å². The monoisotopic (exact) mass is 529 g/mol. The summed E-state index contributed by atoms with van der Waals surface area (Å²) in [6, 6.07) is -1.47. The maximum Gasteiger partial charge on any atom is 0.403 e. The summed E-state index contributed by atoms with van der Waals surface area (Å²) in [5.41, 5.74) is 0. The number of guanidine groups is 1. The van der Waals surface area contributed by atoms with Crippen LogP contribution >= 0.6 is 24.0 Å². The summed E-state index contributed by atoms with van der Waals surface area (Å²) in [6.07, 6.45) is -4.24. The SMILES string of the molecule is CCN(CC)S(=O)(=O)CCNC(=NC)N1CCN(C(C)C(F)(F)F)CC1.I. The van der Waals surface area contributed by atoms with Crippen LogP contribution in [0.2, 0.25) is 0 Å². The van der Waals surface area contributed by atoms with Gasteiger partial charge in [0.15, 0.2) is 5.96 Å². The second kappa shape index (κ2) is 11.6. The van der Waals surface area contributed by atoms with E-state index < -0.39 is 22.2 Å². The molecular weight excluding hydrogens is 498 g/mol. The Morgan fingerprint density at radius 2 is 1.70 bits per heavy atom. The van der Waals surface area contributed by atoms with Gasteiger partial charge in [-0.05, 0) is 6.92 Å². The summed E-state index contributed by atoms with van der Waals surface area (Å²) in [6.45, 7) is 7.15. The molecule has 0 amide bonds. The van der Waals surface area contributed by atoms with Crippen molar-refractivity contribution in [1.82, 2.24) is 19.4 Å². The highest BCUT2D eigenvalue weighted by molar-refractivity contribution is 14.0. The molecule has 1 aliphatic rings. The molecule has 0 aliphatic carbocycles. The highest BCUT2D eigenvalue weighted by Crippen LogP contribution is 2.25. The first-order valence-corrected chi connectivity index (χ1v) is 10.4. The summed E-state index contributed by atoms with van der Waals surface area (Å²) in [7, 11) is -1.75. The van der Waals surface area contributed by atoms with Gasteiger partial charge in [0.2, 0.25) is 10.0 Å². The third-order valence-corrected chi connectivity index (χ3v) is 6.61. The number of aliphatic imine (C=N–C) groups is 1. The molecule has 0 aromatic heterocycles.